The predicted octanol–water partition coefficient (Wildman–Crippen LogP) is -0.723. The molecular formula is C17H40N2O3. The van der Waals surface area contributed by atoms with E-state index in [2.05, 4.69) is 66.0 Å². The highest BCUT2D eigenvalue weighted by Gasteiger charge is 1.98. The summed E-state index contributed by atoms with van der Waals surface area (Å²) < 4.78 is 0. The van der Waals surface area contributed by atoms with Crippen molar-refractivity contribution in [2.45, 2.75) is 55.4 Å². The van der Waals surface area contributed by atoms with Crippen LogP contribution in [-0.4, -0.2) is 32.3 Å². The Hall–Kier alpha value is -0.810. The van der Waals surface area contributed by atoms with Gasteiger partial charge in [-0.1, -0.05) is 55.4 Å². The van der Waals surface area contributed by atoms with Crippen LogP contribution in [0.2, 0.25) is 0 Å². The quantitative estimate of drug-likeness (QED) is 0.617. The maximum absolute atomic E-state index is 8.33. The molecule has 0 radical (unpaired) electrons. The van der Waals surface area contributed by atoms with E-state index < -0.39 is 6.16 Å². The summed E-state index contributed by atoms with van der Waals surface area (Å²) in [4.78, 5) is 8.33. The van der Waals surface area contributed by atoms with E-state index >= 15 is 0 Å². The average Bonchev–Trinajstić information content (AvgIpc) is 2.26. The molecule has 0 aromatic carbocycles. The second-order valence-electron chi connectivity index (χ2n) is 7.35. The fraction of sp³-hybridized carbons (Fsp3) is 0.941. The zero-order valence-corrected chi connectivity index (χ0v) is 16.0. The van der Waals surface area contributed by atoms with Gasteiger partial charge in [0.15, 0.2) is 0 Å². The van der Waals surface area contributed by atoms with E-state index in [0.717, 1.165) is 23.7 Å². The lowest BCUT2D eigenvalue weighted by Crippen LogP contribution is -2.86. The number of carbonyl (C=O) groups is 1. The lowest BCUT2D eigenvalue weighted by Gasteiger charge is -2.05. The monoisotopic (exact) mass is 320 g/mol. The Morgan fingerprint density at radius 2 is 0.773 bits per heavy atom. The molecule has 0 rings (SSSR count). The van der Waals surface area contributed by atoms with Crippen LogP contribution >= 0.6 is 0 Å². The third-order valence-electron chi connectivity index (χ3n) is 2.55. The van der Waals surface area contributed by atoms with Crippen LogP contribution in [-0.2, 0) is 0 Å². The third kappa shape index (κ3) is 50.7. The van der Waals surface area contributed by atoms with Crippen LogP contribution in [0.3, 0.4) is 0 Å². The average molecular weight is 321 g/mol. The van der Waals surface area contributed by atoms with Crippen molar-refractivity contribution in [1.82, 2.24) is 0 Å². The first-order chi connectivity index (χ1) is 9.98. The van der Waals surface area contributed by atoms with Crippen molar-refractivity contribution >= 4 is 6.16 Å². The van der Waals surface area contributed by atoms with Gasteiger partial charge in [-0.2, -0.15) is 0 Å². The molecule has 0 aliphatic rings. The third-order valence-corrected chi connectivity index (χ3v) is 2.55. The number of rotatable bonds is 8. The summed E-state index contributed by atoms with van der Waals surface area (Å²) in [5, 5.41) is 21.5. The predicted molar refractivity (Wildman–Crippen MR) is 88.1 cm³/mol. The highest BCUT2D eigenvalue weighted by Crippen LogP contribution is 1.85. The second-order valence-corrected chi connectivity index (χ2v) is 7.35. The second kappa shape index (κ2) is 18.2. The molecule has 22 heavy (non-hydrogen) atoms. The van der Waals surface area contributed by atoms with Crippen LogP contribution in [0.4, 0.5) is 4.79 Å². The molecule has 0 aromatic rings. The van der Waals surface area contributed by atoms with Crippen LogP contribution < -0.4 is 20.8 Å². The molecule has 0 fully saturated rings. The Kier molecular flexibility index (Phi) is 21.6. The zero-order valence-electron chi connectivity index (χ0n) is 16.0. The number of nitrogens with two attached hydrogens (primary N) is 2. The van der Waals surface area contributed by atoms with Crippen molar-refractivity contribution < 1.29 is 25.6 Å². The van der Waals surface area contributed by atoms with Gasteiger partial charge in [0.2, 0.25) is 0 Å². The molecule has 0 saturated carbocycles. The molecule has 4 N–H and O–H groups in total. The minimum atomic E-state index is -2.33. The molecule has 0 heterocycles. The Morgan fingerprint density at radius 1 is 0.636 bits per heavy atom. The summed E-state index contributed by atoms with van der Waals surface area (Å²) in [6, 6.07) is 0. The van der Waals surface area contributed by atoms with E-state index in [0.29, 0.717) is 0 Å². The van der Waals surface area contributed by atoms with Crippen LogP contribution in [0.5, 0.6) is 0 Å². The standard InChI is InChI=1S/2C8H19N.CH2O3/c2*1-7(2)5-9-6-8(3)4;2-1(3)4/h2*7-9H,5-6H2,1-4H3;(H2,2,3,4). The van der Waals surface area contributed by atoms with Gasteiger partial charge in [-0.15, -0.1) is 0 Å². The number of carboxylic acid groups (broad SMARTS) is 2. The van der Waals surface area contributed by atoms with Crippen molar-refractivity contribution in [1.29, 1.82) is 0 Å². The van der Waals surface area contributed by atoms with E-state index in [-0.39, 0.29) is 0 Å². The van der Waals surface area contributed by atoms with E-state index in [1.165, 1.54) is 26.2 Å². The Balaban J connectivity index is -0.000000266. The number of carbonyl (C=O) groups excluding carboxylic acids is 1. The summed E-state index contributed by atoms with van der Waals surface area (Å²) in [7, 11) is 0. The van der Waals surface area contributed by atoms with Gasteiger partial charge >= 0.3 is 0 Å². The molecule has 0 amide bonds. The van der Waals surface area contributed by atoms with Crippen molar-refractivity contribution in [2.24, 2.45) is 23.7 Å². The van der Waals surface area contributed by atoms with Crippen LogP contribution in [0.1, 0.15) is 55.4 Å². The molecule has 0 aliphatic carbocycles. The van der Waals surface area contributed by atoms with Gasteiger partial charge in [0.1, 0.15) is 0 Å². The van der Waals surface area contributed by atoms with Crippen molar-refractivity contribution in [3.05, 3.63) is 0 Å². The van der Waals surface area contributed by atoms with E-state index in [4.69, 9.17) is 15.0 Å². The highest BCUT2D eigenvalue weighted by molar-refractivity contribution is 5.47. The van der Waals surface area contributed by atoms with Crippen LogP contribution in [0, 0.1) is 23.7 Å². The number of hydrogen-bond donors (Lipinski definition) is 2. The topological polar surface area (TPSA) is 96.4 Å². The first-order valence-corrected chi connectivity index (χ1v) is 8.50. The molecule has 0 bridgehead atoms. The van der Waals surface area contributed by atoms with Gasteiger partial charge in [-0.25, -0.2) is 0 Å². The molecule has 0 unspecified atom stereocenters. The largest absolute Gasteiger partial charge is 0.652 e. The minimum Gasteiger partial charge on any atom is -0.652 e. The van der Waals surface area contributed by atoms with E-state index in [9.17, 15) is 0 Å². The zero-order chi connectivity index (χ0) is 18.1. The maximum atomic E-state index is 8.33. The first kappa shape index (κ1) is 26.1. The molecule has 5 nitrogen and oxygen atoms in total. The Bertz CT molecular complexity index is 192. The van der Waals surface area contributed by atoms with Gasteiger partial charge in [0.05, 0.1) is 26.2 Å². The van der Waals surface area contributed by atoms with Gasteiger partial charge in [0.25, 0.3) is 0 Å². The number of quaternary nitrogens is 2. The van der Waals surface area contributed by atoms with Crippen molar-refractivity contribution in [3.63, 3.8) is 0 Å². The lowest BCUT2D eigenvalue weighted by atomic mass is 10.2. The molecule has 0 spiro atoms. The van der Waals surface area contributed by atoms with E-state index in [1.807, 2.05) is 0 Å². The first-order valence-electron chi connectivity index (χ1n) is 8.50. The molecule has 136 valence electrons. The SMILES string of the molecule is CC(C)C[NH2+]CC(C)C.CC(C)C[NH2+]CC(C)C.O=C([O-])[O-]. The Labute approximate surface area is 137 Å². The fourth-order valence-electron chi connectivity index (χ4n) is 1.53. The summed E-state index contributed by atoms with van der Waals surface area (Å²) >= 11 is 0. The minimum absolute atomic E-state index is 0.837. The summed E-state index contributed by atoms with van der Waals surface area (Å²) in [6.45, 7) is 23.2. The molecule has 0 saturated heterocycles. The van der Waals surface area contributed by atoms with Gasteiger partial charge in [0, 0.05) is 23.7 Å². The van der Waals surface area contributed by atoms with Gasteiger partial charge in [-0.05, 0) is 6.16 Å². The lowest BCUT2D eigenvalue weighted by molar-refractivity contribution is -0.664. The van der Waals surface area contributed by atoms with Crippen LogP contribution in [0.25, 0.3) is 0 Å². The number of hydrogen-bond acceptors (Lipinski definition) is 3. The summed E-state index contributed by atoms with van der Waals surface area (Å²) in [6.07, 6.45) is -2.33. The Morgan fingerprint density at radius 3 is 0.864 bits per heavy atom. The summed E-state index contributed by atoms with van der Waals surface area (Å²) in [5.74, 6) is 3.35. The molecular weight excluding hydrogens is 280 g/mol. The van der Waals surface area contributed by atoms with Gasteiger partial charge in [-0.3, -0.25) is 0 Å². The highest BCUT2D eigenvalue weighted by atomic mass is 16.6. The molecule has 0 atom stereocenters. The summed E-state index contributed by atoms with van der Waals surface area (Å²) in [5.41, 5.74) is 0. The van der Waals surface area contributed by atoms with Gasteiger partial charge < -0.3 is 25.6 Å². The van der Waals surface area contributed by atoms with Crippen molar-refractivity contribution in [3.8, 4) is 0 Å². The molecule has 0 aromatic heterocycles. The normalized spacial score (nSPS) is 10.4. The van der Waals surface area contributed by atoms with Crippen LogP contribution in [0.15, 0.2) is 0 Å². The maximum Gasteiger partial charge on any atom is 0.0778 e. The van der Waals surface area contributed by atoms with Crippen molar-refractivity contribution in [2.75, 3.05) is 26.2 Å². The fourth-order valence-corrected chi connectivity index (χ4v) is 1.53. The molecule has 0 aliphatic heterocycles. The molecule has 5 heteroatoms. The van der Waals surface area contributed by atoms with E-state index in [1.54, 1.807) is 0 Å². The smallest absolute Gasteiger partial charge is 0.0778 e.